The van der Waals surface area contributed by atoms with E-state index in [0.717, 1.165) is 6.26 Å². The number of aromatic amines is 1. The third kappa shape index (κ3) is 1.89. The molecule has 0 bridgehead atoms. The third-order valence-electron chi connectivity index (χ3n) is 2.10. The minimum Gasteiger partial charge on any atom is -0.250 e. The molecule has 0 aliphatic heterocycles. The molecule has 0 unspecified atom stereocenters. The molecular weight excluding hydrogens is 230 g/mol. The highest BCUT2D eigenvalue weighted by molar-refractivity contribution is 7.90. The Morgan fingerprint density at radius 2 is 1.88 bits per heavy atom. The summed E-state index contributed by atoms with van der Waals surface area (Å²) in [5, 5.41) is 5.83. The highest BCUT2D eigenvalue weighted by atomic mass is 32.2. The zero-order valence-electron chi connectivity index (χ0n) is 8.41. The van der Waals surface area contributed by atoms with E-state index in [9.17, 15) is 13.2 Å². The highest BCUT2D eigenvalue weighted by Gasteiger charge is 2.07. The molecule has 2 rings (SSSR count). The lowest BCUT2D eigenvalue weighted by atomic mass is 10.3. The molecule has 16 heavy (non-hydrogen) atoms. The van der Waals surface area contributed by atoms with Crippen LogP contribution in [0.3, 0.4) is 0 Å². The number of sulfone groups is 1. The van der Waals surface area contributed by atoms with Crippen molar-refractivity contribution in [3.05, 3.63) is 41.1 Å². The van der Waals surface area contributed by atoms with Crippen molar-refractivity contribution in [3.63, 3.8) is 0 Å². The van der Waals surface area contributed by atoms with E-state index >= 15 is 0 Å². The van der Waals surface area contributed by atoms with Crippen molar-refractivity contribution in [2.24, 2.45) is 0 Å². The van der Waals surface area contributed by atoms with E-state index in [1.807, 2.05) is 0 Å². The van der Waals surface area contributed by atoms with Gasteiger partial charge in [-0.2, -0.15) is 5.10 Å². The maximum absolute atomic E-state index is 11.2. The van der Waals surface area contributed by atoms with Crippen molar-refractivity contribution in [2.45, 2.75) is 4.90 Å². The molecule has 84 valence electrons. The summed E-state index contributed by atoms with van der Waals surface area (Å²) in [6.45, 7) is 0. The van der Waals surface area contributed by atoms with Gasteiger partial charge in [-0.15, -0.1) is 0 Å². The predicted molar refractivity (Wildman–Crippen MR) is 57.3 cm³/mol. The number of rotatable bonds is 2. The quantitative estimate of drug-likeness (QED) is 0.797. The molecule has 0 saturated heterocycles. The SMILES string of the molecule is CS(=O)(=O)c1ccc(-n2cn[nH]c2=O)cc1. The summed E-state index contributed by atoms with van der Waals surface area (Å²) in [4.78, 5) is 11.4. The Kier molecular flexibility index (Phi) is 2.39. The predicted octanol–water partition coefficient (Wildman–Crippen LogP) is -0.0359. The van der Waals surface area contributed by atoms with Gasteiger partial charge in [0.2, 0.25) is 0 Å². The topological polar surface area (TPSA) is 84.8 Å². The number of hydrogen-bond donors (Lipinski definition) is 1. The Hall–Kier alpha value is -1.89. The Bertz CT molecular complexity index is 652. The summed E-state index contributed by atoms with van der Waals surface area (Å²) in [5.41, 5.74) is 0.193. The van der Waals surface area contributed by atoms with Crippen LogP contribution in [0.2, 0.25) is 0 Å². The molecule has 0 aliphatic rings. The second-order valence-electron chi connectivity index (χ2n) is 3.30. The molecule has 7 heteroatoms. The Balaban J connectivity index is 2.49. The van der Waals surface area contributed by atoms with E-state index in [0.29, 0.717) is 5.69 Å². The maximum Gasteiger partial charge on any atom is 0.347 e. The molecule has 1 aromatic heterocycles. The van der Waals surface area contributed by atoms with Crippen LogP contribution in [0.4, 0.5) is 0 Å². The van der Waals surface area contributed by atoms with Crippen LogP contribution < -0.4 is 5.69 Å². The summed E-state index contributed by atoms with van der Waals surface area (Å²) in [6.07, 6.45) is 2.46. The van der Waals surface area contributed by atoms with Gasteiger partial charge in [0.15, 0.2) is 9.84 Å². The first-order chi connectivity index (χ1) is 7.48. The van der Waals surface area contributed by atoms with E-state index in [-0.39, 0.29) is 10.6 Å². The van der Waals surface area contributed by atoms with Crippen LogP contribution in [-0.2, 0) is 9.84 Å². The van der Waals surface area contributed by atoms with Gasteiger partial charge >= 0.3 is 5.69 Å². The number of benzene rings is 1. The van der Waals surface area contributed by atoms with Crippen LogP contribution in [0.15, 0.2) is 40.3 Å². The number of nitrogens with one attached hydrogen (secondary N) is 1. The van der Waals surface area contributed by atoms with Gasteiger partial charge in [-0.25, -0.2) is 22.9 Å². The zero-order chi connectivity index (χ0) is 11.8. The maximum atomic E-state index is 11.2. The fraction of sp³-hybridized carbons (Fsp3) is 0.111. The van der Waals surface area contributed by atoms with Crippen LogP contribution in [-0.4, -0.2) is 29.4 Å². The molecule has 0 spiro atoms. The van der Waals surface area contributed by atoms with E-state index < -0.39 is 9.84 Å². The van der Waals surface area contributed by atoms with Crippen molar-refractivity contribution >= 4 is 9.84 Å². The van der Waals surface area contributed by atoms with Crippen molar-refractivity contribution in [3.8, 4) is 5.69 Å². The molecule has 0 atom stereocenters. The summed E-state index contributed by atoms with van der Waals surface area (Å²) < 4.78 is 23.7. The zero-order valence-corrected chi connectivity index (χ0v) is 9.23. The minimum absolute atomic E-state index is 0.216. The van der Waals surface area contributed by atoms with Gasteiger partial charge in [0.05, 0.1) is 10.6 Å². The first-order valence-electron chi connectivity index (χ1n) is 4.41. The summed E-state index contributed by atoms with van der Waals surface area (Å²) >= 11 is 0. The third-order valence-corrected chi connectivity index (χ3v) is 3.22. The molecule has 1 heterocycles. The van der Waals surface area contributed by atoms with Crippen LogP contribution in [0.1, 0.15) is 0 Å². The summed E-state index contributed by atoms with van der Waals surface area (Å²) in [7, 11) is -3.21. The monoisotopic (exact) mass is 239 g/mol. The van der Waals surface area contributed by atoms with Gasteiger partial charge in [-0.05, 0) is 24.3 Å². The lowest BCUT2D eigenvalue weighted by molar-refractivity contribution is 0.602. The van der Waals surface area contributed by atoms with E-state index in [1.54, 1.807) is 12.1 Å². The van der Waals surface area contributed by atoms with Crippen LogP contribution in [0.5, 0.6) is 0 Å². The summed E-state index contributed by atoms with van der Waals surface area (Å²) in [5.74, 6) is 0. The van der Waals surface area contributed by atoms with Crippen molar-refractivity contribution < 1.29 is 8.42 Å². The molecular formula is C9H9N3O3S. The Morgan fingerprint density at radius 1 is 1.25 bits per heavy atom. The lowest BCUT2D eigenvalue weighted by Crippen LogP contribution is -2.14. The summed E-state index contributed by atoms with van der Waals surface area (Å²) in [6, 6.07) is 5.99. The van der Waals surface area contributed by atoms with E-state index in [4.69, 9.17) is 0 Å². The number of nitrogens with zero attached hydrogens (tertiary/aromatic N) is 2. The molecule has 1 aromatic carbocycles. The van der Waals surface area contributed by atoms with Gasteiger partial charge in [-0.1, -0.05) is 0 Å². The molecule has 0 aliphatic carbocycles. The minimum atomic E-state index is -3.21. The standard InChI is InChI=1S/C9H9N3O3S/c1-16(14,15)8-4-2-7(3-5-8)12-6-10-11-9(12)13/h2-6H,1H3,(H,11,13). The van der Waals surface area contributed by atoms with Gasteiger partial charge in [0.25, 0.3) is 0 Å². The van der Waals surface area contributed by atoms with Gasteiger partial charge in [0, 0.05) is 6.26 Å². The van der Waals surface area contributed by atoms with Crippen molar-refractivity contribution in [1.82, 2.24) is 14.8 Å². The Morgan fingerprint density at radius 3 is 2.31 bits per heavy atom. The highest BCUT2D eigenvalue weighted by Crippen LogP contribution is 2.11. The largest absolute Gasteiger partial charge is 0.347 e. The lowest BCUT2D eigenvalue weighted by Gasteiger charge is -2.01. The first-order valence-corrected chi connectivity index (χ1v) is 6.30. The van der Waals surface area contributed by atoms with Crippen LogP contribution in [0, 0.1) is 0 Å². The second kappa shape index (κ2) is 3.60. The normalized spacial score (nSPS) is 11.6. The van der Waals surface area contributed by atoms with Gasteiger partial charge < -0.3 is 0 Å². The molecule has 1 N–H and O–H groups in total. The van der Waals surface area contributed by atoms with E-state index in [1.165, 1.54) is 23.0 Å². The molecule has 0 amide bonds. The molecule has 2 aromatic rings. The van der Waals surface area contributed by atoms with Gasteiger partial charge in [0.1, 0.15) is 6.33 Å². The fourth-order valence-electron chi connectivity index (χ4n) is 1.29. The smallest absolute Gasteiger partial charge is 0.250 e. The first kappa shape index (κ1) is 10.6. The average molecular weight is 239 g/mol. The van der Waals surface area contributed by atoms with Crippen molar-refractivity contribution in [2.75, 3.05) is 6.26 Å². The Labute approximate surface area is 91.5 Å². The van der Waals surface area contributed by atoms with Crippen LogP contribution in [0.25, 0.3) is 5.69 Å². The molecule has 0 saturated carbocycles. The molecule has 0 fully saturated rings. The van der Waals surface area contributed by atoms with Gasteiger partial charge in [-0.3, -0.25) is 0 Å². The van der Waals surface area contributed by atoms with Crippen molar-refractivity contribution in [1.29, 1.82) is 0 Å². The number of H-pyrrole nitrogens is 1. The number of hydrogen-bond acceptors (Lipinski definition) is 4. The average Bonchev–Trinajstić information content (AvgIpc) is 2.63. The molecule has 6 nitrogen and oxygen atoms in total. The fourth-order valence-corrected chi connectivity index (χ4v) is 1.92. The van der Waals surface area contributed by atoms with Crippen LogP contribution >= 0.6 is 0 Å². The molecule has 0 radical (unpaired) electrons. The van der Waals surface area contributed by atoms with E-state index in [2.05, 4.69) is 10.2 Å². The second-order valence-corrected chi connectivity index (χ2v) is 5.31. The number of aromatic nitrogens is 3.